The van der Waals surface area contributed by atoms with E-state index in [0.717, 1.165) is 11.1 Å². The molecule has 3 aromatic rings. The van der Waals surface area contributed by atoms with Gasteiger partial charge in [0.05, 0.1) is 12.1 Å². The highest BCUT2D eigenvalue weighted by molar-refractivity contribution is 6.31. The number of rotatable bonds is 5. The molecule has 0 spiro atoms. The SMILES string of the molecule is OC1CC(c2nc(Cc3ccc(F)cc3Cl)no2)N(Cc2ccncc2)C1. The summed E-state index contributed by atoms with van der Waals surface area (Å²) in [7, 11) is 0. The third kappa shape index (κ3) is 4.16. The van der Waals surface area contributed by atoms with Crippen LogP contribution in [0.15, 0.2) is 47.2 Å². The van der Waals surface area contributed by atoms with Crippen molar-refractivity contribution in [3.8, 4) is 0 Å². The minimum absolute atomic E-state index is 0.155. The summed E-state index contributed by atoms with van der Waals surface area (Å²) in [6.45, 7) is 1.19. The zero-order valence-electron chi connectivity index (χ0n) is 14.4. The molecule has 8 heteroatoms. The van der Waals surface area contributed by atoms with Gasteiger partial charge < -0.3 is 9.63 Å². The molecule has 0 aliphatic carbocycles. The molecule has 1 aromatic carbocycles. The van der Waals surface area contributed by atoms with Crippen LogP contribution in [0, 0.1) is 5.82 Å². The topological polar surface area (TPSA) is 75.3 Å². The van der Waals surface area contributed by atoms with Crippen LogP contribution >= 0.6 is 11.6 Å². The van der Waals surface area contributed by atoms with Gasteiger partial charge in [-0.25, -0.2) is 4.39 Å². The molecule has 1 fully saturated rings. The van der Waals surface area contributed by atoms with Gasteiger partial charge >= 0.3 is 0 Å². The van der Waals surface area contributed by atoms with Crippen LogP contribution < -0.4 is 0 Å². The van der Waals surface area contributed by atoms with Crippen molar-refractivity contribution in [2.75, 3.05) is 6.54 Å². The van der Waals surface area contributed by atoms with E-state index >= 15 is 0 Å². The summed E-state index contributed by atoms with van der Waals surface area (Å²) in [6, 6.07) is 7.96. The number of likely N-dealkylation sites (tertiary alicyclic amines) is 1. The van der Waals surface area contributed by atoms with Gasteiger partial charge in [-0.2, -0.15) is 4.98 Å². The van der Waals surface area contributed by atoms with Gasteiger partial charge in [0.1, 0.15) is 5.82 Å². The van der Waals surface area contributed by atoms with Gasteiger partial charge in [0, 0.05) is 36.9 Å². The van der Waals surface area contributed by atoms with Crippen molar-refractivity contribution in [3.63, 3.8) is 0 Å². The lowest BCUT2D eigenvalue weighted by Gasteiger charge is -2.20. The number of pyridine rings is 1. The number of β-amino-alcohol motifs (C(OH)–C–C–N with tert-alkyl or cyclic N) is 1. The second-order valence-corrected chi connectivity index (χ2v) is 7.06. The first kappa shape index (κ1) is 18.0. The maximum Gasteiger partial charge on any atom is 0.244 e. The molecule has 1 aliphatic heterocycles. The molecule has 2 atom stereocenters. The van der Waals surface area contributed by atoms with E-state index in [4.69, 9.17) is 16.1 Å². The Balaban J connectivity index is 1.50. The van der Waals surface area contributed by atoms with Crippen LogP contribution in [0.5, 0.6) is 0 Å². The summed E-state index contributed by atoms with van der Waals surface area (Å²) in [5.74, 6) is 0.557. The largest absolute Gasteiger partial charge is 0.392 e. The lowest BCUT2D eigenvalue weighted by Crippen LogP contribution is -2.24. The molecular formula is C19H18ClFN4O2. The second kappa shape index (κ2) is 7.72. The Morgan fingerprint density at radius 1 is 1.26 bits per heavy atom. The number of hydrogen-bond acceptors (Lipinski definition) is 6. The Morgan fingerprint density at radius 3 is 2.85 bits per heavy atom. The van der Waals surface area contributed by atoms with Gasteiger partial charge in [-0.15, -0.1) is 0 Å². The lowest BCUT2D eigenvalue weighted by molar-refractivity contribution is 0.169. The van der Waals surface area contributed by atoms with Crippen molar-refractivity contribution in [2.45, 2.75) is 31.5 Å². The molecule has 27 heavy (non-hydrogen) atoms. The average molecular weight is 389 g/mol. The van der Waals surface area contributed by atoms with Crippen molar-refractivity contribution in [1.29, 1.82) is 0 Å². The van der Waals surface area contributed by atoms with Crippen LogP contribution in [0.3, 0.4) is 0 Å². The van der Waals surface area contributed by atoms with Crippen LogP contribution in [-0.4, -0.2) is 37.8 Å². The molecule has 1 saturated heterocycles. The van der Waals surface area contributed by atoms with Crippen LogP contribution in [-0.2, 0) is 13.0 Å². The zero-order chi connectivity index (χ0) is 18.8. The normalized spacial score (nSPS) is 20.3. The Bertz CT molecular complexity index is 921. The summed E-state index contributed by atoms with van der Waals surface area (Å²) >= 11 is 6.07. The number of hydrogen-bond donors (Lipinski definition) is 1. The fourth-order valence-corrected chi connectivity index (χ4v) is 3.58. The number of nitrogens with zero attached hydrogens (tertiary/aromatic N) is 4. The van der Waals surface area contributed by atoms with Crippen molar-refractivity contribution in [3.05, 3.63) is 76.4 Å². The van der Waals surface area contributed by atoms with Crippen molar-refractivity contribution >= 4 is 11.6 Å². The van der Waals surface area contributed by atoms with E-state index in [0.29, 0.717) is 42.7 Å². The highest BCUT2D eigenvalue weighted by Crippen LogP contribution is 2.32. The predicted molar refractivity (Wildman–Crippen MR) is 96.5 cm³/mol. The molecule has 0 saturated carbocycles. The van der Waals surface area contributed by atoms with Crippen LogP contribution in [0.2, 0.25) is 5.02 Å². The van der Waals surface area contributed by atoms with Crippen LogP contribution in [0.1, 0.15) is 35.3 Å². The maximum atomic E-state index is 13.2. The number of halogens is 2. The van der Waals surface area contributed by atoms with Crippen molar-refractivity contribution < 1.29 is 14.0 Å². The molecule has 3 heterocycles. The van der Waals surface area contributed by atoms with Gasteiger partial charge in [-0.1, -0.05) is 22.8 Å². The third-order valence-electron chi connectivity index (χ3n) is 4.65. The third-order valence-corrected chi connectivity index (χ3v) is 5.00. The van der Waals surface area contributed by atoms with Crippen LogP contribution in [0.4, 0.5) is 4.39 Å². The fourth-order valence-electron chi connectivity index (χ4n) is 3.34. The summed E-state index contributed by atoms with van der Waals surface area (Å²) in [4.78, 5) is 10.6. The molecule has 0 bridgehead atoms. The van der Waals surface area contributed by atoms with Gasteiger partial charge in [0.15, 0.2) is 5.82 Å². The molecule has 2 aromatic heterocycles. The monoisotopic (exact) mass is 388 g/mol. The van der Waals surface area contributed by atoms with E-state index in [9.17, 15) is 9.50 Å². The fraction of sp³-hybridized carbons (Fsp3) is 0.316. The molecule has 1 aliphatic rings. The van der Waals surface area contributed by atoms with Gasteiger partial charge in [-0.05, 0) is 41.8 Å². The van der Waals surface area contributed by atoms with Crippen molar-refractivity contribution in [1.82, 2.24) is 20.0 Å². The summed E-state index contributed by atoms with van der Waals surface area (Å²) in [5, 5.41) is 14.5. The summed E-state index contributed by atoms with van der Waals surface area (Å²) < 4.78 is 18.6. The molecule has 140 valence electrons. The summed E-state index contributed by atoms with van der Waals surface area (Å²) in [6.07, 6.45) is 3.92. The predicted octanol–water partition coefficient (Wildman–Crippen LogP) is 3.16. The molecule has 6 nitrogen and oxygen atoms in total. The van der Waals surface area contributed by atoms with Gasteiger partial charge in [0.25, 0.3) is 0 Å². The number of aromatic nitrogens is 3. The lowest BCUT2D eigenvalue weighted by atomic mass is 10.1. The average Bonchev–Trinajstić information content (AvgIpc) is 3.25. The van der Waals surface area contributed by atoms with Crippen LogP contribution in [0.25, 0.3) is 0 Å². The minimum atomic E-state index is -0.446. The molecule has 4 rings (SSSR count). The highest BCUT2D eigenvalue weighted by atomic mass is 35.5. The first-order chi connectivity index (χ1) is 13.1. The Morgan fingerprint density at radius 2 is 2.07 bits per heavy atom. The summed E-state index contributed by atoms with van der Waals surface area (Å²) in [5.41, 5.74) is 1.83. The van der Waals surface area contributed by atoms with E-state index in [1.807, 2.05) is 12.1 Å². The van der Waals surface area contributed by atoms with E-state index in [1.54, 1.807) is 18.5 Å². The quantitative estimate of drug-likeness (QED) is 0.723. The Hall–Kier alpha value is -2.35. The smallest absolute Gasteiger partial charge is 0.244 e. The Kier molecular flexibility index (Phi) is 5.15. The van der Waals surface area contributed by atoms with E-state index in [1.165, 1.54) is 12.1 Å². The first-order valence-corrected chi connectivity index (χ1v) is 9.03. The first-order valence-electron chi connectivity index (χ1n) is 8.66. The van der Waals surface area contributed by atoms with E-state index in [-0.39, 0.29) is 11.9 Å². The van der Waals surface area contributed by atoms with Crippen molar-refractivity contribution in [2.24, 2.45) is 0 Å². The Labute approximate surface area is 160 Å². The molecule has 0 radical (unpaired) electrons. The van der Waals surface area contributed by atoms with Gasteiger partial charge in [-0.3, -0.25) is 9.88 Å². The standard InChI is InChI=1S/C19H18ClFN4O2/c20-16-8-14(21)2-1-13(16)7-18-23-19(27-24-18)17-9-15(26)11-25(17)10-12-3-5-22-6-4-12/h1-6,8,15,17,26H,7,9-11H2. The number of aliphatic hydroxyl groups excluding tert-OH is 1. The molecule has 1 N–H and O–H groups in total. The van der Waals surface area contributed by atoms with E-state index < -0.39 is 6.10 Å². The second-order valence-electron chi connectivity index (χ2n) is 6.65. The minimum Gasteiger partial charge on any atom is -0.392 e. The van der Waals surface area contributed by atoms with E-state index in [2.05, 4.69) is 20.0 Å². The van der Waals surface area contributed by atoms with Gasteiger partial charge in [0.2, 0.25) is 5.89 Å². The molecule has 0 amide bonds. The zero-order valence-corrected chi connectivity index (χ0v) is 15.2. The number of aliphatic hydroxyl groups is 1. The maximum absolute atomic E-state index is 13.2. The number of benzene rings is 1. The highest BCUT2D eigenvalue weighted by Gasteiger charge is 2.35. The molecular weight excluding hydrogens is 371 g/mol. The molecule has 2 unspecified atom stereocenters.